The van der Waals surface area contributed by atoms with Gasteiger partial charge >= 0.3 is 0 Å². The Morgan fingerprint density at radius 1 is 1.47 bits per heavy atom. The number of hydrogen-bond acceptors (Lipinski definition) is 4. The van der Waals surface area contributed by atoms with Crippen molar-refractivity contribution in [1.82, 2.24) is 9.88 Å². The molecule has 0 atom stereocenters. The van der Waals surface area contributed by atoms with E-state index >= 15 is 0 Å². The Hall–Kier alpha value is -0.320. The van der Waals surface area contributed by atoms with Gasteiger partial charge in [0, 0.05) is 17.6 Å². The second-order valence-corrected chi connectivity index (χ2v) is 6.17. The first kappa shape index (κ1) is 14.7. The van der Waals surface area contributed by atoms with Gasteiger partial charge in [0.05, 0.1) is 0 Å². The number of halogens is 1. The van der Waals surface area contributed by atoms with Crippen LogP contribution in [0.4, 0.5) is 5.13 Å². The third-order valence-electron chi connectivity index (χ3n) is 3.53. The molecule has 0 spiro atoms. The highest BCUT2D eigenvalue weighted by molar-refractivity contribution is 7.15. The minimum absolute atomic E-state index is 0. The van der Waals surface area contributed by atoms with E-state index in [0.29, 0.717) is 5.13 Å². The lowest BCUT2D eigenvalue weighted by Gasteiger charge is -2.33. The standard InChI is InChI=1S/C12H21N3S.ClH/c1-9(2)10-3-5-15(6-4-10)8-11-7-14-12(13)16-11;/h7,9-10H,3-6,8H2,1-2H3,(H2,13,14);1H. The van der Waals surface area contributed by atoms with Crippen molar-refractivity contribution in [3.63, 3.8) is 0 Å². The summed E-state index contributed by atoms with van der Waals surface area (Å²) in [6, 6.07) is 0. The largest absolute Gasteiger partial charge is 0.375 e. The van der Waals surface area contributed by atoms with E-state index in [1.807, 2.05) is 6.20 Å². The minimum atomic E-state index is 0. The van der Waals surface area contributed by atoms with Crippen LogP contribution in [0.3, 0.4) is 0 Å². The maximum absolute atomic E-state index is 5.63. The summed E-state index contributed by atoms with van der Waals surface area (Å²) in [4.78, 5) is 7.91. The van der Waals surface area contributed by atoms with E-state index in [4.69, 9.17) is 5.73 Å². The summed E-state index contributed by atoms with van der Waals surface area (Å²) in [5, 5.41) is 0.687. The van der Waals surface area contributed by atoms with Gasteiger partial charge in [0.1, 0.15) is 0 Å². The maximum Gasteiger partial charge on any atom is 0.180 e. The topological polar surface area (TPSA) is 42.2 Å². The average Bonchev–Trinajstić information content (AvgIpc) is 2.65. The van der Waals surface area contributed by atoms with Crippen LogP contribution in [-0.2, 0) is 6.54 Å². The summed E-state index contributed by atoms with van der Waals surface area (Å²) >= 11 is 1.61. The van der Waals surface area contributed by atoms with Crippen molar-refractivity contribution in [3.05, 3.63) is 11.1 Å². The number of anilines is 1. The Labute approximate surface area is 114 Å². The van der Waals surface area contributed by atoms with E-state index in [1.54, 1.807) is 11.3 Å². The van der Waals surface area contributed by atoms with Crippen LogP contribution in [-0.4, -0.2) is 23.0 Å². The molecule has 3 nitrogen and oxygen atoms in total. The molecule has 1 aliphatic heterocycles. The second kappa shape index (κ2) is 6.57. The molecule has 5 heteroatoms. The van der Waals surface area contributed by atoms with Crippen LogP contribution in [0.2, 0.25) is 0 Å². The summed E-state index contributed by atoms with van der Waals surface area (Å²) in [6.45, 7) is 8.15. The molecule has 0 aromatic carbocycles. The maximum atomic E-state index is 5.63. The van der Waals surface area contributed by atoms with Gasteiger partial charge in [-0.2, -0.15) is 0 Å². The quantitative estimate of drug-likeness (QED) is 0.922. The number of nitrogens with two attached hydrogens (primary N) is 1. The molecule has 2 rings (SSSR count). The molecule has 2 heterocycles. The van der Waals surface area contributed by atoms with Gasteiger partial charge in [-0.25, -0.2) is 4.98 Å². The van der Waals surface area contributed by atoms with Gasteiger partial charge in [0.15, 0.2) is 5.13 Å². The predicted octanol–water partition coefficient (Wildman–Crippen LogP) is 3.02. The Morgan fingerprint density at radius 3 is 2.59 bits per heavy atom. The smallest absolute Gasteiger partial charge is 0.180 e. The molecule has 0 unspecified atom stereocenters. The molecule has 0 aliphatic carbocycles. The van der Waals surface area contributed by atoms with Crippen LogP contribution >= 0.6 is 23.7 Å². The Kier molecular flexibility index (Phi) is 5.70. The number of hydrogen-bond donors (Lipinski definition) is 1. The van der Waals surface area contributed by atoms with Gasteiger partial charge < -0.3 is 5.73 Å². The second-order valence-electron chi connectivity index (χ2n) is 5.02. The van der Waals surface area contributed by atoms with Gasteiger partial charge in [0.25, 0.3) is 0 Å². The zero-order valence-corrected chi connectivity index (χ0v) is 12.2. The fourth-order valence-electron chi connectivity index (χ4n) is 2.39. The van der Waals surface area contributed by atoms with Crippen molar-refractivity contribution >= 4 is 28.9 Å². The summed E-state index contributed by atoms with van der Waals surface area (Å²) in [5.41, 5.74) is 5.63. The van der Waals surface area contributed by atoms with Crippen molar-refractivity contribution in [2.75, 3.05) is 18.8 Å². The molecule has 1 fully saturated rings. The molecule has 0 radical (unpaired) electrons. The van der Waals surface area contributed by atoms with Crippen molar-refractivity contribution in [2.45, 2.75) is 33.2 Å². The molecule has 1 aromatic heterocycles. The first-order valence-corrected chi connectivity index (χ1v) is 6.89. The van der Waals surface area contributed by atoms with Crippen LogP contribution in [0.15, 0.2) is 6.20 Å². The molecule has 0 saturated carbocycles. The lowest BCUT2D eigenvalue weighted by atomic mass is 9.87. The fourth-order valence-corrected chi connectivity index (χ4v) is 3.12. The van der Waals surface area contributed by atoms with Crippen molar-refractivity contribution in [2.24, 2.45) is 11.8 Å². The van der Waals surface area contributed by atoms with E-state index in [-0.39, 0.29) is 12.4 Å². The Morgan fingerprint density at radius 2 is 2.12 bits per heavy atom. The number of piperidine rings is 1. The van der Waals surface area contributed by atoms with E-state index in [0.717, 1.165) is 18.4 Å². The summed E-state index contributed by atoms with van der Waals surface area (Å²) in [5.74, 6) is 1.75. The van der Waals surface area contributed by atoms with Gasteiger partial charge in [-0.1, -0.05) is 13.8 Å². The van der Waals surface area contributed by atoms with E-state index < -0.39 is 0 Å². The molecule has 17 heavy (non-hydrogen) atoms. The van der Waals surface area contributed by atoms with Gasteiger partial charge in [-0.05, 0) is 37.8 Å². The zero-order valence-electron chi connectivity index (χ0n) is 10.6. The molecule has 1 aromatic rings. The van der Waals surface area contributed by atoms with Crippen molar-refractivity contribution in [3.8, 4) is 0 Å². The minimum Gasteiger partial charge on any atom is -0.375 e. The first-order valence-electron chi connectivity index (χ1n) is 6.07. The summed E-state index contributed by atoms with van der Waals surface area (Å²) in [6.07, 6.45) is 4.59. The lowest BCUT2D eigenvalue weighted by Crippen LogP contribution is -2.34. The van der Waals surface area contributed by atoms with E-state index in [2.05, 4.69) is 23.7 Å². The van der Waals surface area contributed by atoms with E-state index in [9.17, 15) is 0 Å². The lowest BCUT2D eigenvalue weighted by molar-refractivity contribution is 0.153. The average molecular weight is 276 g/mol. The highest BCUT2D eigenvalue weighted by Crippen LogP contribution is 2.26. The van der Waals surface area contributed by atoms with Crippen LogP contribution in [0.25, 0.3) is 0 Å². The predicted molar refractivity (Wildman–Crippen MR) is 76.6 cm³/mol. The molecule has 1 saturated heterocycles. The number of likely N-dealkylation sites (tertiary alicyclic amines) is 1. The highest BCUT2D eigenvalue weighted by Gasteiger charge is 2.21. The Bertz CT molecular complexity index is 332. The normalized spacial score (nSPS) is 18.3. The van der Waals surface area contributed by atoms with Crippen LogP contribution < -0.4 is 5.73 Å². The zero-order chi connectivity index (χ0) is 11.5. The molecular weight excluding hydrogens is 254 g/mol. The molecule has 1 aliphatic rings. The fraction of sp³-hybridized carbons (Fsp3) is 0.750. The molecule has 0 bridgehead atoms. The molecule has 0 amide bonds. The number of rotatable bonds is 3. The van der Waals surface area contributed by atoms with Gasteiger partial charge in [0.2, 0.25) is 0 Å². The molecular formula is C12H22ClN3S. The number of aromatic nitrogens is 1. The SMILES string of the molecule is CC(C)C1CCN(Cc2cnc(N)s2)CC1.Cl. The molecule has 2 N–H and O–H groups in total. The van der Waals surface area contributed by atoms with Crippen LogP contribution in [0.5, 0.6) is 0 Å². The van der Waals surface area contributed by atoms with Crippen LogP contribution in [0.1, 0.15) is 31.6 Å². The monoisotopic (exact) mass is 275 g/mol. The summed E-state index contributed by atoms with van der Waals surface area (Å²) < 4.78 is 0. The Balaban J connectivity index is 0.00000144. The number of thiazole rings is 1. The summed E-state index contributed by atoms with van der Waals surface area (Å²) in [7, 11) is 0. The number of nitrogens with zero attached hydrogens (tertiary/aromatic N) is 2. The van der Waals surface area contributed by atoms with Gasteiger partial charge in [-0.3, -0.25) is 4.90 Å². The van der Waals surface area contributed by atoms with E-state index in [1.165, 1.54) is 30.8 Å². The number of nitrogen functional groups attached to an aromatic ring is 1. The third-order valence-corrected chi connectivity index (χ3v) is 4.34. The third kappa shape index (κ3) is 4.12. The first-order chi connectivity index (χ1) is 7.65. The van der Waals surface area contributed by atoms with Crippen molar-refractivity contribution < 1.29 is 0 Å². The van der Waals surface area contributed by atoms with Crippen molar-refractivity contribution in [1.29, 1.82) is 0 Å². The highest BCUT2D eigenvalue weighted by atomic mass is 35.5. The van der Waals surface area contributed by atoms with Gasteiger partial charge in [-0.15, -0.1) is 23.7 Å². The molecule has 98 valence electrons. The van der Waals surface area contributed by atoms with Crippen LogP contribution in [0, 0.1) is 11.8 Å².